The molecule has 2 atom stereocenters. The number of amides is 1. The van der Waals surface area contributed by atoms with Gasteiger partial charge >= 0.3 is 0 Å². The molecular formula is C33H41N3O. The fraction of sp³-hybridized carbons (Fsp3) is 0.364. The first-order valence-corrected chi connectivity index (χ1v) is 13.8. The zero-order valence-corrected chi connectivity index (χ0v) is 22.6. The fourth-order valence-electron chi connectivity index (χ4n) is 5.31. The third kappa shape index (κ3) is 7.11. The Bertz CT molecular complexity index is 1240. The summed E-state index contributed by atoms with van der Waals surface area (Å²) in [4.78, 5) is 15.8. The van der Waals surface area contributed by atoms with Crippen LogP contribution in [0, 0.1) is 0 Å². The van der Waals surface area contributed by atoms with Crippen LogP contribution in [-0.4, -0.2) is 41.1 Å². The molecule has 0 saturated heterocycles. The first-order valence-electron chi connectivity index (χ1n) is 13.8. The van der Waals surface area contributed by atoms with E-state index in [0.29, 0.717) is 6.42 Å². The molecule has 0 spiro atoms. The predicted octanol–water partition coefficient (Wildman–Crippen LogP) is 6.84. The van der Waals surface area contributed by atoms with E-state index in [0.717, 1.165) is 39.0 Å². The SMILES string of the molecule is CCN(CC)CCCC(C)NC(=O)CC(c1ccccc1)c1cn(Cc2ccccc2)c2ccccc12. The number of hydrogen-bond donors (Lipinski definition) is 1. The maximum Gasteiger partial charge on any atom is 0.221 e. The van der Waals surface area contributed by atoms with Crippen LogP contribution in [0.4, 0.5) is 0 Å². The Labute approximate surface area is 222 Å². The van der Waals surface area contributed by atoms with Gasteiger partial charge in [0.2, 0.25) is 5.91 Å². The number of carbonyl (C=O) groups is 1. The van der Waals surface area contributed by atoms with Gasteiger partial charge in [0.1, 0.15) is 0 Å². The van der Waals surface area contributed by atoms with E-state index in [1.54, 1.807) is 0 Å². The summed E-state index contributed by atoms with van der Waals surface area (Å²) in [6, 6.07) is 29.8. The Morgan fingerprint density at radius 2 is 1.54 bits per heavy atom. The lowest BCUT2D eigenvalue weighted by Crippen LogP contribution is -2.34. The molecule has 0 aliphatic rings. The van der Waals surface area contributed by atoms with Gasteiger partial charge in [0.25, 0.3) is 0 Å². The molecule has 0 bridgehead atoms. The maximum absolute atomic E-state index is 13.3. The molecule has 2 unspecified atom stereocenters. The highest BCUT2D eigenvalue weighted by Gasteiger charge is 2.23. The third-order valence-corrected chi connectivity index (χ3v) is 7.40. The van der Waals surface area contributed by atoms with Gasteiger partial charge in [-0.1, -0.05) is 92.7 Å². The molecule has 37 heavy (non-hydrogen) atoms. The van der Waals surface area contributed by atoms with Crippen molar-refractivity contribution in [1.82, 2.24) is 14.8 Å². The van der Waals surface area contributed by atoms with Gasteiger partial charge < -0.3 is 14.8 Å². The molecule has 194 valence electrons. The standard InChI is InChI=1S/C33H41N3O/c1-4-35(5-2)22-14-15-26(3)34-33(37)23-30(28-18-10-7-11-19-28)31-25-36(24-27-16-8-6-9-17-27)32-21-13-12-20-29(31)32/h6-13,16-21,25-26,30H,4-5,14-15,22-24H2,1-3H3,(H,34,37). The minimum absolute atomic E-state index is 0.00834. The van der Waals surface area contributed by atoms with Gasteiger partial charge in [0.05, 0.1) is 0 Å². The first-order chi connectivity index (χ1) is 18.1. The van der Waals surface area contributed by atoms with E-state index < -0.39 is 0 Å². The Morgan fingerprint density at radius 1 is 0.892 bits per heavy atom. The van der Waals surface area contributed by atoms with Crippen LogP contribution >= 0.6 is 0 Å². The summed E-state index contributed by atoms with van der Waals surface area (Å²) in [6.45, 7) is 10.6. The van der Waals surface area contributed by atoms with Gasteiger partial charge in [-0.25, -0.2) is 0 Å². The summed E-state index contributed by atoms with van der Waals surface area (Å²) in [5.74, 6) is 0.107. The number of carbonyl (C=O) groups excluding carboxylic acids is 1. The van der Waals surface area contributed by atoms with Crippen molar-refractivity contribution in [3.63, 3.8) is 0 Å². The van der Waals surface area contributed by atoms with Gasteiger partial charge in [0, 0.05) is 42.0 Å². The summed E-state index contributed by atoms with van der Waals surface area (Å²) in [5, 5.41) is 4.51. The summed E-state index contributed by atoms with van der Waals surface area (Å²) in [5.41, 5.74) is 4.85. The van der Waals surface area contributed by atoms with Crippen molar-refractivity contribution >= 4 is 16.8 Å². The van der Waals surface area contributed by atoms with E-state index in [2.05, 4.69) is 121 Å². The van der Waals surface area contributed by atoms with E-state index in [1.807, 2.05) is 6.07 Å². The van der Waals surface area contributed by atoms with Crippen molar-refractivity contribution in [2.45, 2.75) is 58.5 Å². The number of benzene rings is 3. The highest BCUT2D eigenvalue weighted by Crippen LogP contribution is 2.35. The van der Waals surface area contributed by atoms with Crippen LogP contribution in [0.25, 0.3) is 10.9 Å². The molecule has 4 rings (SSSR count). The Morgan fingerprint density at radius 3 is 2.24 bits per heavy atom. The molecule has 0 aliphatic heterocycles. The highest BCUT2D eigenvalue weighted by atomic mass is 16.1. The van der Waals surface area contributed by atoms with Crippen molar-refractivity contribution in [3.8, 4) is 0 Å². The topological polar surface area (TPSA) is 37.3 Å². The summed E-state index contributed by atoms with van der Waals surface area (Å²) < 4.78 is 2.32. The second kappa shape index (κ2) is 13.3. The number of para-hydroxylation sites is 1. The van der Waals surface area contributed by atoms with E-state index in [-0.39, 0.29) is 17.9 Å². The van der Waals surface area contributed by atoms with Gasteiger partial charge in [-0.3, -0.25) is 4.79 Å². The number of nitrogens with one attached hydrogen (secondary N) is 1. The number of hydrogen-bond acceptors (Lipinski definition) is 2. The lowest BCUT2D eigenvalue weighted by molar-refractivity contribution is -0.121. The lowest BCUT2D eigenvalue weighted by atomic mass is 9.88. The van der Waals surface area contributed by atoms with E-state index >= 15 is 0 Å². The Hall–Kier alpha value is -3.37. The average molecular weight is 496 g/mol. The Kier molecular flexibility index (Phi) is 9.56. The predicted molar refractivity (Wildman–Crippen MR) is 155 cm³/mol. The fourth-order valence-corrected chi connectivity index (χ4v) is 5.31. The molecule has 0 aliphatic carbocycles. The number of nitrogens with zero attached hydrogens (tertiary/aromatic N) is 2. The van der Waals surface area contributed by atoms with Gasteiger partial charge in [-0.15, -0.1) is 0 Å². The number of rotatable bonds is 13. The molecule has 4 nitrogen and oxygen atoms in total. The van der Waals surface area contributed by atoms with Crippen molar-refractivity contribution in [3.05, 3.63) is 108 Å². The van der Waals surface area contributed by atoms with Gasteiger partial charge in [-0.2, -0.15) is 0 Å². The van der Waals surface area contributed by atoms with Crippen molar-refractivity contribution < 1.29 is 4.79 Å². The summed E-state index contributed by atoms with van der Waals surface area (Å²) in [7, 11) is 0. The smallest absolute Gasteiger partial charge is 0.221 e. The van der Waals surface area contributed by atoms with E-state index in [9.17, 15) is 4.79 Å². The van der Waals surface area contributed by atoms with Crippen LogP contribution < -0.4 is 5.32 Å². The third-order valence-electron chi connectivity index (χ3n) is 7.40. The molecule has 4 heteroatoms. The van der Waals surface area contributed by atoms with Crippen molar-refractivity contribution in [1.29, 1.82) is 0 Å². The molecule has 1 aromatic heterocycles. The van der Waals surface area contributed by atoms with Crippen LogP contribution in [0.2, 0.25) is 0 Å². The second-order valence-electron chi connectivity index (χ2n) is 10.0. The monoisotopic (exact) mass is 495 g/mol. The molecular weight excluding hydrogens is 454 g/mol. The summed E-state index contributed by atoms with van der Waals surface area (Å²) in [6.07, 6.45) is 4.78. The van der Waals surface area contributed by atoms with Gasteiger partial charge in [0.15, 0.2) is 0 Å². The molecule has 0 fully saturated rings. The average Bonchev–Trinajstić information content (AvgIpc) is 3.29. The molecule has 4 aromatic rings. The molecule has 1 N–H and O–H groups in total. The molecule has 3 aromatic carbocycles. The van der Waals surface area contributed by atoms with Crippen molar-refractivity contribution in [2.75, 3.05) is 19.6 Å². The zero-order valence-electron chi connectivity index (χ0n) is 22.6. The second-order valence-corrected chi connectivity index (χ2v) is 10.0. The van der Waals surface area contributed by atoms with Gasteiger partial charge in [-0.05, 0) is 62.2 Å². The Balaban J connectivity index is 1.55. The van der Waals surface area contributed by atoms with E-state index in [4.69, 9.17) is 0 Å². The largest absolute Gasteiger partial charge is 0.354 e. The van der Waals surface area contributed by atoms with E-state index in [1.165, 1.54) is 27.6 Å². The molecule has 0 radical (unpaired) electrons. The van der Waals surface area contributed by atoms with Crippen LogP contribution in [0.3, 0.4) is 0 Å². The first kappa shape index (κ1) is 26.7. The minimum atomic E-state index is -0.00834. The summed E-state index contributed by atoms with van der Waals surface area (Å²) >= 11 is 0. The number of fused-ring (bicyclic) bond motifs is 1. The van der Waals surface area contributed by atoms with Crippen LogP contribution in [0.1, 0.15) is 62.6 Å². The molecule has 1 heterocycles. The number of aromatic nitrogens is 1. The lowest BCUT2D eigenvalue weighted by Gasteiger charge is -2.21. The van der Waals surface area contributed by atoms with Crippen LogP contribution in [-0.2, 0) is 11.3 Å². The molecule has 1 amide bonds. The molecule has 0 saturated carbocycles. The highest BCUT2D eigenvalue weighted by molar-refractivity contribution is 5.87. The maximum atomic E-state index is 13.3. The zero-order chi connectivity index (χ0) is 26.0. The van der Waals surface area contributed by atoms with Crippen LogP contribution in [0.15, 0.2) is 91.1 Å². The van der Waals surface area contributed by atoms with Crippen LogP contribution in [0.5, 0.6) is 0 Å². The quantitative estimate of drug-likeness (QED) is 0.220. The minimum Gasteiger partial charge on any atom is -0.354 e. The normalized spacial score (nSPS) is 13.1. The van der Waals surface area contributed by atoms with Crippen molar-refractivity contribution in [2.24, 2.45) is 0 Å².